The van der Waals surface area contributed by atoms with Crippen LogP contribution in [0.25, 0.3) is 6.08 Å². The van der Waals surface area contributed by atoms with Crippen molar-refractivity contribution in [3.05, 3.63) is 55.6 Å². The molecule has 0 atom stereocenters. The summed E-state index contributed by atoms with van der Waals surface area (Å²) in [6.07, 6.45) is 0.427. The predicted octanol–water partition coefficient (Wildman–Crippen LogP) is 1.46. The highest BCUT2D eigenvalue weighted by Gasteiger charge is 2.37. The second kappa shape index (κ2) is 7.27. The van der Waals surface area contributed by atoms with Crippen molar-refractivity contribution in [1.82, 2.24) is 15.1 Å². The minimum absolute atomic E-state index is 0.0414. The van der Waals surface area contributed by atoms with E-state index < -0.39 is 17.4 Å². The van der Waals surface area contributed by atoms with Crippen LogP contribution in [0.4, 0.5) is 16.2 Å². The molecule has 2 aromatic rings. The zero-order chi connectivity index (χ0) is 19.7. The van der Waals surface area contributed by atoms with Crippen molar-refractivity contribution in [3.63, 3.8) is 0 Å². The molecule has 0 unspecified atom stereocenters. The molecule has 10 nitrogen and oxygen atoms in total. The van der Waals surface area contributed by atoms with Gasteiger partial charge in [-0.25, -0.2) is 9.69 Å². The smallest absolute Gasteiger partial charge is 0.404 e. The number of imide groups is 1. The number of hydrogen-bond acceptors (Lipinski definition) is 8. The zero-order valence-corrected chi connectivity index (χ0v) is 15.0. The zero-order valence-electron chi connectivity index (χ0n) is 13.5. The Bertz CT molecular complexity index is 1040. The third-order valence-corrected chi connectivity index (χ3v) is 4.32. The van der Waals surface area contributed by atoms with Crippen molar-refractivity contribution in [2.75, 3.05) is 11.2 Å². The van der Waals surface area contributed by atoms with E-state index in [1.165, 1.54) is 6.08 Å². The average molecular weight is 411 g/mol. The third-order valence-electron chi connectivity index (χ3n) is 3.66. The highest BCUT2D eigenvalue weighted by Crippen LogP contribution is 2.25. The van der Waals surface area contributed by atoms with Gasteiger partial charge in [-0.1, -0.05) is 29.3 Å². The predicted molar refractivity (Wildman–Crippen MR) is 98.6 cm³/mol. The van der Waals surface area contributed by atoms with Crippen LogP contribution in [0.5, 0.6) is 0 Å². The molecule has 1 aromatic carbocycles. The second-order valence-electron chi connectivity index (χ2n) is 5.39. The molecule has 140 valence electrons. The molecule has 0 saturated carbocycles. The van der Waals surface area contributed by atoms with Gasteiger partial charge in [0.05, 0.1) is 23.6 Å². The first kappa shape index (κ1) is 18.7. The summed E-state index contributed by atoms with van der Waals surface area (Å²) in [6, 6.07) is 4.76. The first-order valence-corrected chi connectivity index (χ1v) is 8.11. The number of H-pyrrole nitrogens is 1. The van der Waals surface area contributed by atoms with E-state index in [-0.39, 0.29) is 28.2 Å². The van der Waals surface area contributed by atoms with E-state index >= 15 is 0 Å². The summed E-state index contributed by atoms with van der Waals surface area (Å²) in [5, 5.41) is 5.36. The van der Waals surface area contributed by atoms with Gasteiger partial charge in [0.15, 0.2) is 10.9 Å². The van der Waals surface area contributed by atoms with Crippen LogP contribution in [0, 0.1) is 0 Å². The molecule has 0 radical (unpaired) electrons. The molecule has 0 aliphatic carbocycles. The molecule has 6 N–H and O–H groups in total. The van der Waals surface area contributed by atoms with Gasteiger partial charge >= 0.3 is 6.09 Å². The summed E-state index contributed by atoms with van der Waals surface area (Å²) in [4.78, 5) is 37.0. The fourth-order valence-electron chi connectivity index (χ4n) is 2.28. The lowest BCUT2D eigenvalue weighted by molar-refractivity contribution is -0.123. The lowest BCUT2D eigenvalue weighted by atomic mass is 10.1. The van der Waals surface area contributed by atoms with Crippen molar-refractivity contribution in [1.29, 1.82) is 0 Å². The Labute approximate surface area is 161 Å². The number of nitrogen functional groups attached to an aromatic ring is 2. The van der Waals surface area contributed by atoms with Gasteiger partial charge in [-0.3, -0.25) is 20.5 Å². The number of anilines is 2. The van der Waals surface area contributed by atoms with Crippen LogP contribution < -0.4 is 22.4 Å². The SMILES string of the molecule is NNc1cc(/C=C2\OC(=O)N(Cc3[nH]nc(Cl)c(=O)c3Cl)C2=O)ccc1N. The van der Waals surface area contributed by atoms with Crippen molar-refractivity contribution in [3.8, 4) is 0 Å². The minimum atomic E-state index is -0.925. The fraction of sp³-hybridized carbons (Fsp3) is 0.0667. The summed E-state index contributed by atoms with van der Waals surface area (Å²) in [5.41, 5.74) is 8.83. The van der Waals surface area contributed by atoms with Crippen molar-refractivity contribution < 1.29 is 14.3 Å². The normalized spacial score (nSPS) is 15.4. The molecule has 0 bridgehead atoms. The molecule has 2 amide bonds. The number of benzene rings is 1. The second-order valence-corrected chi connectivity index (χ2v) is 6.13. The average Bonchev–Trinajstić information content (AvgIpc) is 2.90. The lowest BCUT2D eigenvalue weighted by Crippen LogP contribution is -2.29. The monoisotopic (exact) mass is 410 g/mol. The van der Waals surface area contributed by atoms with Crippen LogP contribution in [-0.4, -0.2) is 27.1 Å². The first-order chi connectivity index (χ1) is 12.8. The van der Waals surface area contributed by atoms with E-state index in [1.807, 2.05) is 0 Å². The number of rotatable bonds is 4. The van der Waals surface area contributed by atoms with Crippen LogP contribution in [-0.2, 0) is 16.1 Å². The largest absolute Gasteiger partial charge is 0.422 e. The van der Waals surface area contributed by atoms with Crippen LogP contribution in [0.2, 0.25) is 10.2 Å². The number of hydrazine groups is 1. The lowest BCUT2D eigenvalue weighted by Gasteiger charge is -2.10. The Morgan fingerprint density at radius 1 is 1.30 bits per heavy atom. The maximum absolute atomic E-state index is 12.5. The molecule has 1 aromatic heterocycles. The number of nitrogens with one attached hydrogen (secondary N) is 2. The number of carbonyl (C=O) groups excluding carboxylic acids is 2. The van der Waals surface area contributed by atoms with Gasteiger partial charge in [0, 0.05) is 0 Å². The van der Waals surface area contributed by atoms with E-state index in [4.69, 9.17) is 39.5 Å². The Morgan fingerprint density at radius 2 is 2.04 bits per heavy atom. The number of nitrogens with zero attached hydrogens (tertiary/aromatic N) is 2. The number of halogens is 2. The van der Waals surface area contributed by atoms with Gasteiger partial charge in [0.1, 0.15) is 5.02 Å². The molecule has 0 spiro atoms. The molecule has 1 aliphatic heterocycles. The van der Waals surface area contributed by atoms with Gasteiger partial charge in [-0.05, 0) is 23.8 Å². The number of nitrogens with two attached hydrogens (primary N) is 2. The topological polar surface area (TPSA) is 156 Å². The van der Waals surface area contributed by atoms with Gasteiger partial charge in [-0.2, -0.15) is 5.10 Å². The highest BCUT2D eigenvalue weighted by atomic mass is 35.5. The standard InChI is InChI=1S/C15H12Cl2N6O4/c16-11-9(21-22-13(17)12(11)24)5-23-14(25)10(27-15(23)26)4-6-1-2-7(18)8(3-6)20-19/h1-4,20H,5,18-19H2,(H,21,24)/b10-4-. The third kappa shape index (κ3) is 3.58. The number of hydrogen-bond donors (Lipinski definition) is 4. The van der Waals surface area contributed by atoms with Gasteiger partial charge < -0.3 is 15.9 Å². The fourth-order valence-corrected chi connectivity index (χ4v) is 2.66. The molecule has 3 rings (SSSR count). The van der Waals surface area contributed by atoms with Crippen LogP contribution in [0.3, 0.4) is 0 Å². The number of carbonyl (C=O) groups is 2. The minimum Gasteiger partial charge on any atom is -0.404 e. The number of amides is 2. The van der Waals surface area contributed by atoms with Crippen molar-refractivity contribution in [2.24, 2.45) is 5.84 Å². The Kier molecular flexibility index (Phi) is 5.04. The van der Waals surface area contributed by atoms with Gasteiger partial charge in [0.25, 0.3) is 5.91 Å². The quantitative estimate of drug-likeness (QED) is 0.255. The first-order valence-electron chi connectivity index (χ1n) is 7.36. The summed E-state index contributed by atoms with van der Waals surface area (Å²) in [5.74, 6) is 4.42. The molecule has 1 aliphatic rings. The molecular formula is C15H12Cl2N6O4. The number of ether oxygens (including phenoxy) is 1. The summed E-state index contributed by atoms with van der Waals surface area (Å²) in [6.45, 7) is -0.343. The number of cyclic esters (lactones) is 1. The maximum Gasteiger partial charge on any atom is 0.422 e. The summed E-state index contributed by atoms with van der Waals surface area (Å²) >= 11 is 11.4. The van der Waals surface area contributed by atoms with E-state index in [0.29, 0.717) is 16.9 Å². The molecule has 12 heteroatoms. The Hall–Kier alpha value is -3.08. The van der Waals surface area contributed by atoms with E-state index in [0.717, 1.165) is 4.90 Å². The Balaban J connectivity index is 1.87. The Morgan fingerprint density at radius 3 is 2.74 bits per heavy atom. The molecule has 27 heavy (non-hydrogen) atoms. The van der Waals surface area contributed by atoms with E-state index in [2.05, 4.69) is 15.6 Å². The maximum atomic E-state index is 12.5. The van der Waals surface area contributed by atoms with Crippen LogP contribution in [0.15, 0.2) is 28.8 Å². The summed E-state index contributed by atoms with van der Waals surface area (Å²) < 4.78 is 4.99. The van der Waals surface area contributed by atoms with Gasteiger partial charge in [0.2, 0.25) is 5.43 Å². The van der Waals surface area contributed by atoms with E-state index in [9.17, 15) is 14.4 Å². The summed E-state index contributed by atoms with van der Waals surface area (Å²) in [7, 11) is 0. The van der Waals surface area contributed by atoms with Crippen molar-refractivity contribution in [2.45, 2.75) is 6.54 Å². The molecule has 1 saturated heterocycles. The van der Waals surface area contributed by atoms with Crippen LogP contribution in [0.1, 0.15) is 11.3 Å². The molecule has 1 fully saturated rings. The molecule has 2 heterocycles. The number of aromatic nitrogens is 2. The van der Waals surface area contributed by atoms with Gasteiger partial charge in [-0.15, -0.1) is 0 Å². The van der Waals surface area contributed by atoms with Crippen molar-refractivity contribution >= 4 is 52.7 Å². The van der Waals surface area contributed by atoms with Crippen LogP contribution >= 0.6 is 23.2 Å². The number of aromatic amines is 1. The van der Waals surface area contributed by atoms with E-state index in [1.54, 1.807) is 18.2 Å². The highest BCUT2D eigenvalue weighted by molar-refractivity contribution is 6.34. The molecular weight excluding hydrogens is 399 g/mol.